The molecule has 0 unspecified atom stereocenters. The van der Waals surface area contributed by atoms with Crippen LogP contribution in [-0.4, -0.2) is 30.9 Å². The maximum Gasteiger partial charge on any atom is 0.337 e. The average Bonchev–Trinajstić information content (AvgIpc) is 3.35. The van der Waals surface area contributed by atoms with Crippen molar-refractivity contribution in [2.24, 2.45) is 4.99 Å². The summed E-state index contributed by atoms with van der Waals surface area (Å²) in [6.07, 6.45) is 3.17. The van der Waals surface area contributed by atoms with E-state index in [1.807, 2.05) is 38.1 Å². The number of benzene rings is 3. The highest BCUT2D eigenvalue weighted by atomic mass is 79.9. The van der Waals surface area contributed by atoms with Crippen molar-refractivity contribution in [3.8, 4) is 23.3 Å². The predicted molar refractivity (Wildman–Crippen MR) is 177 cm³/mol. The van der Waals surface area contributed by atoms with Crippen LogP contribution in [0.15, 0.2) is 85.1 Å². The second-order valence-corrected chi connectivity index (χ2v) is 12.4. The molecule has 12 heteroatoms. The quantitative estimate of drug-likeness (QED) is 0.189. The molecule has 0 fully saturated rings. The number of halogens is 2. The smallest absolute Gasteiger partial charge is 0.337 e. The lowest BCUT2D eigenvalue weighted by molar-refractivity contribution is -0.136. The third kappa shape index (κ3) is 6.76. The van der Waals surface area contributed by atoms with Gasteiger partial charge in [0.2, 0.25) is 0 Å². The summed E-state index contributed by atoms with van der Waals surface area (Å²) >= 11 is 8.31. The van der Waals surface area contributed by atoms with Crippen molar-refractivity contribution in [2.75, 3.05) is 20.3 Å². The molecule has 0 bridgehead atoms. The van der Waals surface area contributed by atoms with Gasteiger partial charge in [0.15, 0.2) is 16.3 Å². The number of nitriles is 1. The molecule has 0 amide bonds. The van der Waals surface area contributed by atoms with E-state index in [-0.39, 0.29) is 17.7 Å². The Labute approximate surface area is 279 Å². The molecule has 0 radical (unpaired) electrons. The molecule has 0 saturated heterocycles. The highest BCUT2D eigenvalue weighted by molar-refractivity contribution is 9.11. The lowest BCUT2D eigenvalue weighted by Gasteiger charge is -2.23. The standard InChI is InChI=1S/C33H27Br2N3O6S/c1-4-42-26-11-10-19(13-27(26)43-5-2)29-24(32(40)41-3)17-37-33-38(29)31(39)28(45-33)14-22-12-23(34)15-25(35)30(22)44-18-21-9-7-6-8-20(21)16-36/h6-15,17,29H,4-5,18H2,1-3H3/b28-14+/t29-/m1/s1. The number of fused-ring (bicyclic) bond motifs is 1. The molecule has 1 atom stereocenters. The predicted octanol–water partition coefficient (Wildman–Crippen LogP) is 5.79. The molecule has 1 aromatic heterocycles. The van der Waals surface area contributed by atoms with E-state index in [0.29, 0.717) is 61.0 Å². The maximum absolute atomic E-state index is 14.1. The van der Waals surface area contributed by atoms with Gasteiger partial charge in [-0.25, -0.2) is 9.79 Å². The zero-order chi connectivity index (χ0) is 32.1. The summed E-state index contributed by atoms with van der Waals surface area (Å²) in [5.41, 5.74) is 2.36. The Kier molecular flexibility index (Phi) is 10.2. The average molecular weight is 753 g/mol. The van der Waals surface area contributed by atoms with Gasteiger partial charge in [0.05, 0.1) is 52.6 Å². The van der Waals surface area contributed by atoms with Crippen LogP contribution in [-0.2, 0) is 16.1 Å². The fraction of sp³-hybridized carbons (Fsp3) is 0.212. The van der Waals surface area contributed by atoms with Gasteiger partial charge in [-0.1, -0.05) is 51.5 Å². The van der Waals surface area contributed by atoms with Crippen molar-refractivity contribution in [1.82, 2.24) is 4.57 Å². The molecular weight excluding hydrogens is 726 g/mol. The highest BCUT2D eigenvalue weighted by Gasteiger charge is 2.31. The molecule has 5 rings (SSSR count). The third-order valence-electron chi connectivity index (χ3n) is 6.84. The van der Waals surface area contributed by atoms with Crippen LogP contribution in [0.25, 0.3) is 6.08 Å². The zero-order valence-electron chi connectivity index (χ0n) is 24.5. The van der Waals surface area contributed by atoms with Gasteiger partial charge in [0.1, 0.15) is 12.4 Å². The first-order valence-electron chi connectivity index (χ1n) is 13.9. The minimum Gasteiger partial charge on any atom is -0.490 e. The fourth-order valence-corrected chi connectivity index (χ4v) is 7.21. The molecule has 3 aromatic carbocycles. The molecule has 230 valence electrons. The number of methoxy groups -OCH3 is 1. The van der Waals surface area contributed by atoms with Crippen LogP contribution in [0.1, 0.15) is 42.1 Å². The van der Waals surface area contributed by atoms with Crippen molar-refractivity contribution in [3.63, 3.8) is 0 Å². The van der Waals surface area contributed by atoms with Gasteiger partial charge in [0, 0.05) is 21.8 Å². The summed E-state index contributed by atoms with van der Waals surface area (Å²) in [5, 5.41) is 9.50. The van der Waals surface area contributed by atoms with Gasteiger partial charge >= 0.3 is 5.97 Å². The van der Waals surface area contributed by atoms with E-state index >= 15 is 0 Å². The molecular formula is C33H27Br2N3O6S. The van der Waals surface area contributed by atoms with E-state index in [2.05, 4.69) is 42.9 Å². The van der Waals surface area contributed by atoms with E-state index in [1.165, 1.54) is 29.2 Å². The van der Waals surface area contributed by atoms with Gasteiger partial charge in [-0.05, 0) is 71.7 Å². The first-order chi connectivity index (χ1) is 21.8. The number of carbonyl (C=O) groups excluding carboxylic acids is 1. The summed E-state index contributed by atoms with van der Waals surface area (Å²) in [6, 6.07) is 17.6. The number of thiazole rings is 1. The Bertz CT molecular complexity index is 2030. The minimum atomic E-state index is -0.821. The summed E-state index contributed by atoms with van der Waals surface area (Å²) in [4.78, 5) is 31.9. The number of aromatic nitrogens is 1. The molecule has 1 aliphatic heterocycles. The maximum atomic E-state index is 14.1. The van der Waals surface area contributed by atoms with Gasteiger partial charge in [-0.2, -0.15) is 5.26 Å². The van der Waals surface area contributed by atoms with Gasteiger partial charge in [-0.3, -0.25) is 9.36 Å². The van der Waals surface area contributed by atoms with Crippen LogP contribution in [0.2, 0.25) is 0 Å². The Hall–Kier alpha value is -4.18. The Morgan fingerprint density at radius 2 is 1.82 bits per heavy atom. The van der Waals surface area contributed by atoms with Crippen LogP contribution in [0.4, 0.5) is 0 Å². The number of rotatable bonds is 10. The van der Waals surface area contributed by atoms with Crippen LogP contribution in [0.3, 0.4) is 0 Å². The summed E-state index contributed by atoms with van der Waals surface area (Å²) < 4.78 is 26.1. The van der Waals surface area contributed by atoms with E-state index < -0.39 is 12.0 Å². The van der Waals surface area contributed by atoms with Crippen LogP contribution in [0.5, 0.6) is 17.2 Å². The normalized spacial score (nSPS) is 14.1. The van der Waals surface area contributed by atoms with Crippen LogP contribution in [0, 0.1) is 11.3 Å². The van der Waals surface area contributed by atoms with Crippen molar-refractivity contribution in [2.45, 2.75) is 26.5 Å². The van der Waals surface area contributed by atoms with Gasteiger partial charge in [-0.15, -0.1) is 0 Å². The van der Waals surface area contributed by atoms with Crippen LogP contribution < -0.4 is 29.1 Å². The second-order valence-electron chi connectivity index (χ2n) is 9.61. The largest absolute Gasteiger partial charge is 0.490 e. The minimum absolute atomic E-state index is 0.147. The van der Waals surface area contributed by atoms with E-state index in [9.17, 15) is 14.9 Å². The number of ether oxygens (including phenoxy) is 4. The van der Waals surface area contributed by atoms with Crippen molar-refractivity contribution in [1.29, 1.82) is 5.26 Å². The number of hydrogen-bond acceptors (Lipinski definition) is 9. The first-order valence-corrected chi connectivity index (χ1v) is 16.3. The summed E-state index contributed by atoms with van der Waals surface area (Å²) in [6.45, 7) is 4.75. The first kappa shape index (κ1) is 32.2. The van der Waals surface area contributed by atoms with Crippen molar-refractivity contribution in [3.05, 3.63) is 117 Å². The topological polar surface area (TPSA) is 112 Å². The molecule has 0 N–H and O–H groups in total. The third-order valence-corrected chi connectivity index (χ3v) is 8.89. The fourth-order valence-electron chi connectivity index (χ4n) is 4.87. The van der Waals surface area contributed by atoms with E-state index in [0.717, 1.165) is 10.0 Å². The molecule has 1 aliphatic rings. The Morgan fingerprint density at radius 3 is 2.56 bits per heavy atom. The highest BCUT2D eigenvalue weighted by Crippen LogP contribution is 2.36. The van der Waals surface area contributed by atoms with E-state index in [1.54, 1.807) is 36.4 Å². The lowest BCUT2D eigenvalue weighted by Crippen LogP contribution is -2.39. The molecule has 4 aromatic rings. The molecule has 0 spiro atoms. The SMILES string of the molecule is CCOc1ccc([C@@H]2C(C(=O)OC)=CN=c3s/c(=C/c4cc(Br)cc(Br)c4OCc4ccccc4C#N)c(=O)n32)cc1OCC. The summed E-state index contributed by atoms with van der Waals surface area (Å²) in [7, 11) is 1.29. The number of esters is 1. The monoisotopic (exact) mass is 751 g/mol. The van der Waals surface area contributed by atoms with Gasteiger partial charge in [0.25, 0.3) is 5.56 Å². The number of carbonyl (C=O) groups is 1. The zero-order valence-corrected chi connectivity index (χ0v) is 28.5. The number of nitrogens with zero attached hydrogens (tertiary/aromatic N) is 3. The molecule has 0 saturated carbocycles. The number of hydrogen-bond donors (Lipinski definition) is 0. The lowest BCUT2D eigenvalue weighted by atomic mass is 9.97. The Balaban J connectivity index is 1.63. The van der Waals surface area contributed by atoms with Crippen LogP contribution >= 0.6 is 43.2 Å². The van der Waals surface area contributed by atoms with E-state index in [4.69, 9.17) is 18.9 Å². The van der Waals surface area contributed by atoms with Crippen molar-refractivity contribution >= 4 is 55.2 Å². The molecule has 0 aliphatic carbocycles. The molecule has 9 nitrogen and oxygen atoms in total. The second kappa shape index (κ2) is 14.3. The van der Waals surface area contributed by atoms with Gasteiger partial charge < -0.3 is 18.9 Å². The summed E-state index contributed by atoms with van der Waals surface area (Å²) in [5.74, 6) is 0.953. The molecule has 45 heavy (non-hydrogen) atoms. The van der Waals surface area contributed by atoms with Crippen molar-refractivity contribution < 1.29 is 23.7 Å². The Morgan fingerprint density at radius 1 is 1.07 bits per heavy atom. The molecule has 2 heterocycles.